The summed E-state index contributed by atoms with van der Waals surface area (Å²) in [4.78, 5) is 11.0. The van der Waals surface area contributed by atoms with Gasteiger partial charge < -0.3 is 20.1 Å². The summed E-state index contributed by atoms with van der Waals surface area (Å²) in [6.45, 7) is 4.64. The zero-order valence-corrected chi connectivity index (χ0v) is 15.6. The summed E-state index contributed by atoms with van der Waals surface area (Å²) >= 11 is 3.56. The first-order valence-corrected chi connectivity index (χ1v) is 8.43. The van der Waals surface area contributed by atoms with Crippen molar-refractivity contribution in [2.45, 2.75) is 20.4 Å². The van der Waals surface area contributed by atoms with Gasteiger partial charge in [0.2, 0.25) is 5.91 Å². The van der Waals surface area contributed by atoms with Crippen molar-refractivity contribution in [3.05, 3.63) is 46.4 Å². The topological polar surface area (TPSA) is 59.6 Å². The van der Waals surface area contributed by atoms with Gasteiger partial charge in [-0.3, -0.25) is 4.79 Å². The first-order chi connectivity index (χ1) is 11.5. The van der Waals surface area contributed by atoms with E-state index < -0.39 is 0 Å². The fourth-order valence-electron chi connectivity index (χ4n) is 2.21. The lowest BCUT2D eigenvalue weighted by molar-refractivity contribution is -0.114. The van der Waals surface area contributed by atoms with E-state index >= 15 is 0 Å². The molecule has 1 amide bonds. The SMILES string of the molecule is CCOc1cc(CNc2ccc(NC(C)=O)cc2)c(Br)cc1OC. The van der Waals surface area contributed by atoms with Crippen molar-refractivity contribution >= 4 is 33.2 Å². The predicted octanol–water partition coefficient (Wildman–Crippen LogP) is 4.43. The van der Waals surface area contributed by atoms with E-state index in [0.717, 1.165) is 27.2 Å². The minimum absolute atomic E-state index is 0.0821. The molecule has 0 atom stereocenters. The fourth-order valence-corrected chi connectivity index (χ4v) is 2.68. The first kappa shape index (κ1) is 18.1. The van der Waals surface area contributed by atoms with Gasteiger partial charge in [-0.2, -0.15) is 0 Å². The zero-order valence-electron chi connectivity index (χ0n) is 14.0. The molecule has 0 aliphatic heterocycles. The monoisotopic (exact) mass is 392 g/mol. The number of carbonyl (C=O) groups is 1. The predicted molar refractivity (Wildman–Crippen MR) is 99.9 cm³/mol. The molecule has 5 nitrogen and oxygen atoms in total. The number of methoxy groups -OCH3 is 1. The molecular weight excluding hydrogens is 372 g/mol. The lowest BCUT2D eigenvalue weighted by atomic mass is 10.2. The summed E-state index contributed by atoms with van der Waals surface area (Å²) in [6, 6.07) is 11.4. The minimum atomic E-state index is -0.0821. The lowest BCUT2D eigenvalue weighted by Crippen LogP contribution is -2.06. The minimum Gasteiger partial charge on any atom is -0.493 e. The Morgan fingerprint density at radius 3 is 2.38 bits per heavy atom. The van der Waals surface area contributed by atoms with E-state index in [0.29, 0.717) is 18.9 Å². The van der Waals surface area contributed by atoms with Gasteiger partial charge in [0, 0.05) is 29.3 Å². The van der Waals surface area contributed by atoms with Crippen LogP contribution in [0.2, 0.25) is 0 Å². The standard InChI is InChI=1S/C18H21BrN2O3/c1-4-24-18-9-13(16(19)10-17(18)23-3)11-20-14-5-7-15(8-6-14)21-12(2)22/h5-10,20H,4,11H2,1-3H3,(H,21,22). The van der Waals surface area contributed by atoms with Gasteiger partial charge in [-0.15, -0.1) is 0 Å². The van der Waals surface area contributed by atoms with E-state index in [1.807, 2.05) is 43.3 Å². The van der Waals surface area contributed by atoms with Crippen LogP contribution in [0.5, 0.6) is 11.5 Å². The third-order valence-corrected chi connectivity index (χ3v) is 4.06. The fraction of sp³-hybridized carbons (Fsp3) is 0.278. The van der Waals surface area contributed by atoms with Crippen LogP contribution in [0.3, 0.4) is 0 Å². The molecule has 0 saturated heterocycles. The molecule has 0 fully saturated rings. The molecule has 0 radical (unpaired) electrons. The Kier molecular flexibility index (Phi) is 6.49. The molecule has 2 aromatic carbocycles. The quantitative estimate of drug-likeness (QED) is 0.731. The number of halogens is 1. The van der Waals surface area contributed by atoms with E-state index in [-0.39, 0.29) is 5.91 Å². The normalized spacial score (nSPS) is 10.2. The molecule has 0 unspecified atom stereocenters. The van der Waals surface area contributed by atoms with Crippen LogP contribution in [0.15, 0.2) is 40.9 Å². The maximum absolute atomic E-state index is 11.0. The van der Waals surface area contributed by atoms with Crippen molar-refractivity contribution < 1.29 is 14.3 Å². The van der Waals surface area contributed by atoms with Crippen molar-refractivity contribution in [1.82, 2.24) is 0 Å². The molecule has 6 heteroatoms. The van der Waals surface area contributed by atoms with Gasteiger partial charge in [-0.25, -0.2) is 0 Å². The highest BCUT2D eigenvalue weighted by molar-refractivity contribution is 9.10. The number of benzene rings is 2. The van der Waals surface area contributed by atoms with Gasteiger partial charge in [0.05, 0.1) is 13.7 Å². The highest BCUT2D eigenvalue weighted by Gasteiger charge is 2.10. The summed E-state index contributed by atoms with van der Waals surface area (Å²) in [5.41, 5.74) is 2.80. The van der Waals surface area contributed by atoms with Gasteiger partial charge in [0.15, 0.2) is 11.5 Å². The Morgan fingerprint density at radius 1 is 1.12 bits per heavy atom. The first-order valence-electron chi connectivity index (χ1n) is 7.64. The van der Waals surface area contributed by atoms with Gasteiger partial charge in [-0.1, -0.05) is 15.9 Å². The Balaban J connectivity index is 2.08. The Labute approximate surface area is 150 Å². The number of hydrogen-bond donors (Lipinski definition) is 2. The van der Waals surface area contributed by atoms with Crippen LogP contribution in [0.25, 0.3) is 0 Å². The molecule has 0 saturated carbocycles. The summed E-state index contributed by atoms with van der Waals surface area (Å²) < 4.78 is 11.9. The molecule has 0 bridgehead atoms. The number of amides is 1. The third kappa shape index (κ3) is 4.89. The largest absolute Gasteiger partial charge is 0.493 e. The zero-order chi connectivity index (χ0) is 17.5. The highest BCUT2D eigenvalue weighted by atomic mass is 79.9. The van der Waals surface area contributed by atoms with Crippen LogP contribution in [0.4, 0.5) is 11.4 Å². The average Bonchev–Trinajstić information content (AvgIpc) is 2.56. The Hall–Kier alpha value is -2.21. The summed E-state index contributed by atoms with van der Waals surface area (Å²) in [5.74, 6) is 1.34. The molecule has 2 aromatic rings. The molecule has 2 rings (SSSR count). The molecule has 128 valence electrons. The van der Waals surface area contributed by atoms with Crippen LogP contribution in [-0.2, 0) is 11.3 Å². The number of nitrogens with one attached hydrogen (secondary N) is 2. The summed E-state index contributed by atoms with van der Waals surface area (Å²) in [7, 11) is 1.62. The van der Waals surface area contributed by atoms with Crippen molar-refractivity contribution in [2.75, 3.05) is 24.4 Å². The molecule has 0 aromatic heterocycles. The van der Waals surface area contributed by atoms with Crippen molar-refractivity contribution in [2.24, 2.45) is 0 Å². The van der Waals surface area contributed by atoms with Crippen molar-refractivity contribution in [3.63, 3.8) is 0 Å². The number of ether oxygens (including phenoxy) is 2. The maximum Gasteiger partial charge on any atom is 0.221 e. The highest BCUT2D eigenvalue weighted by Crippen LogP contribution is 2.34. The van der Waals surface area contributed by atoms with E-state index in [9.17, 15) is 4.79 Å². The second kappa shape index (κ2) is 8.59. The van der Waals surface area contributed by atoms with Crippen LogP contribution in [-0.4, -0.2) is 19.6 Å². The van der Waals surface area contributed by atoms with Crippen LogP contribution in [0, 0.1) is 0 Å². The van der Waals surface area contributed by atoms with E-state index in [1.165, 1.54) is 6.92 Å². The van der Waals surface area contributed by atoms with Crippen molar-refractivity contribution in [1.29, 1.82) is 0 Å². The average molecular weight is 393 g/mol. The number of rotatable bonds is 7. The number of anilines is 2. The van der Waals surface area contributed by atoms with Crippen LogP contribution in [0.1, 0.15) is 19.4 Å². The third-order valence-electron chi connectivity index (χ3n) is 3.32. The van der Waals surface area contributed by atoms with Gasteiger partial charge in [0.1, 0.15) is 0 Å². The molecule has 2 N–H and O–H groups in total. The summed E-state index contributed by atoms with van der Waals surface area (Å²) in [6.07, 6.45) is 0. The number of carbonyl (C=O) groups excluding carboxylic acids is 1. The second-order valence-electron chi connectivity index (χ2n) is 5.14. The molecule has 0 aliphatic carbocycles. The van der Waals surface area contributed by atoms with Gasteiger partial charge in [-0.05, 0) is 48.9 Å². The molecule has 0 spiro atoms. The molecule has 0 heterocycles. The smallest absolute Gasteiger partial charge is 0.221 e. The Morgan fingerprint density at radius 2 is 1.79 bits per heavy atom. The van der Waals surface area contributed by atoms with E-state index in [2.05, 4.69) is 26.6 Å². The van der Waals surface area contributed by atoms with E-state index in [1.54, 1.807) is 7.11 Å². The van der Waals surface area contributed by atoms with Crippen molar-refractivity contribution in [3.8, 4) is 11.5 Å². The van der Waals surface area contributed by atoms with Gasteiger partial charge >= 0.3 is 0 Å². The summed E-state index contributed by atoms with van der Waals surface area (Å²) in [5, 5.41) is 6.09. The van der Waals surface area contributed by atoms with E-state index in [4.69, 9.17) is 9.47 Å². The van der Waals surface area contributed by atoms with Gasteiger partial charge in [0.25, 0.3) is 0 Å². The molecule has 24 heavy (non-hydrogen) atoms. The lowest BCUT2D eigenvalue weighted by Gasteiger charge is -2.14. The molecule has 0 aliphatic rings. The molecular formula is C18H21BrN2O3. The second-order valence-corrected chi connectivity index (χ2v) is 5.99. The maximum atomic E-state index is 11.0. The Bertz CT molecular complexity index is 702. The van der Waals surface area contributed by atoms with Crippen LogP contribution >= 0.6 is 15.9 Å². The number of hydrogen-bond acceptors (Lipinski definition) is 4. The van der Waals surface area contributed by atoms with Crippen LogP contribution < -0.4 is 20.1 Å².